The van der Waals surface area contributed by atoms with Gasteiger partial charge >= 0.3 is 0 Å². The molecule has 0 saturated carbocycles. The molecule has 0 aliphatic rings. The van der Waals surface area contributed by atoms with Gasteiger partial charge in [-0.2, -0.15) is 10.1 Å². The summed E-state index contributed by atoms with van der Waals surface area (Å²) in [6, 6.07) is 2.24. The lowest BCUT2D eigenvalue weighted by atomic mass is 10.2. The predicted octanol–water partition coefficient (Wildman–Crippen LogP) is 2.57. The molecule has 0 saturated heterocycles. The van der Waals surface area contributed by atoms with Crippen LogP contribution in [-0.2, 0) is 6.54 Å². The maximum Gasteiger partial charge on any atom is 0.240 e. The van der Waals surface area contributed by atoms with E-state index in [9.17, 15) is 0 Å². The van der Waals surface area contributed by atoms with Crippen LogP contribution < -0.4 is 5.32 Å². The third kappa shape index (κ3) is 3.09. The van der Waals surface area contributed by atoms with Gasteiger partial charge in [0.2, 0.25) is 11.7 Å². The molecule has 0 amide bonds. The molecule has 22 heavy (non-hydrogen) atoms. The van der Waals surface area contributed by atoms with E-state index in [0.717, 1.165) is 11.1 Å². The topological polar surface area (TPSA) is 81.9 Å². The lowest BCUT2D eigenvalue weighted by Gasteiger charge is -2.20. The average Bonchev–Trinajstić information content (AvgIpc) is 3.24. The Balaban J connectivity index is 1.58. The molecule has 3 aromatic heterocycles. The van der Waals surface area contributed by atoms with Gasteiger partial charge in [-0.25, -0.2) is 0 Å². The van der Waals surface area contributed by atoms with Gasteiger partial charge in [0.05, 0.1) is 30.6 Å². The molecule has 0 aliphatic carbocycles. The van der Waals surface area contributed by atoms with Gasteiger partial charge in [0.1, 0.15) is 6.26 Å². The van der Waals surface area contributed by atoms with Crippen LogP contribution in [0.4, 0.5) is 0 Å². The van der Waals surface area contributed by atoms with Gasteiger partial charge in [0, 0.05) is 12.2 Å². The van der Waals surface area contributed by atoms with Crippen molar-refractivity contribution in [3.8, 4) is 11.4 Å². The molecule has 0 aliphatic heterocycles. The normalized spacial score (nSPS) is 14.1. The molecule has 2 atom stereocenters. The number of nitrogens with zero attached hydrogens (tertiary/aromatic N) is 4. The highest BCUT2D eigenvalue weighted by Gasteiger charge is 2.16. The fourth-order valence-corrected chi connectivity index (χ4v) is 2.14. The van der Waals surface area contributed by atoms with Crippen molar-refractivity contribution < 1.29 is 8.94 Å². The molecule has 3 rings (SSSR count). The SMILES string of the molecule is Cc1cnn([C@H](C)[C@@H](C)NCc2nc(-c3ccoc3)no2)c1. The first-order chi connectivity index (χ1) is 10.6. The maximum absolute atomic E-state index is 5.24. The molecular formula is C15H19N5O2. The minimum atomic E-state index is 0.212. The fraction of sp³-hybridized carbons (Fsp3) is 0.400. The zero-order valence-electron chi connectivity index (χ0n) is 12.9. The summed E-state index contributed by atoms with van der Waals surface area (Å²) in [6.07, 6.45) is 7.07. The van der Waals surface area contributed by atoms with Gasteiger partial charge in [-0.3, -0.25) is 4.68 Å². The van der Waals surface area contributed by atoms with Crippen molar-refractivity contribution in [2.45, 2.75) is 39.4 Å². The minimum Gasteiger partial charge on any atom is -0.472 e. The highest BCUT2D eigenvalue weighted by Crippen LogP contribution is 2.16. The highest BCUT2D eigenvalue weighted by molar-refractivity contribution is 5.51. The summed E-state index contributed by atoms with van der Waals surface area (Å²) < 4.78 is 12.2. The number of nitrogens with one attached hydrogen (secondary N) is 1. The number of rotatable bonds is 6. The molecule has 0 spiro atoms. The Morgan fingerprint density at radius 2 is 2.23 bits per heavy atom. The Bertz CT molecular complexity index is 716. The Kier molecular flexibility index (Phi) is 4.06. The van der Waals surface area contributed by atoms with Gasteiger partial charge in [-0.1, -0.05) is 5.16 Å². The molecular weight excluding hydrogens is 282 g/mol. The van der Waals surface area contributed by atoms with Crippen LogP contribution in [0.2, 0.25) is 0 Å². The third-order valence-corrected chi connectivity index (χ3v) is 3.69. The average molecular weight is 301 g/mol. The molecule has 0 unspecified atom stereocenters. The number of aryl methyl sites for hydroxylation is 1. The van der Waals surface area contributed by atoms with Crippen molar-refractivity contribution in [1.82, 2.24) is 25.2 Å². The van der Waals surface area contributed by atoms with E-state index in [4.69, 9.17) is 8.94 Å². The largest absolute Gasteiger partial charge is 0.472 e. The van der Waals surface area contributed by atoms with Crippen molar-refractivity contribution in [3.05, 3.63) is 42.4 Å². The molecule has 3 heterocycles. The van der Waals surface area contributed by atoms with E-state index in [1.54, 1.807) is 18.6 Å². The monoisotopic (exact) mass is 301 g/mol. The number of furan rings is 1. The zero-order valence-corrected chi connectivity index (χ0v) is 12.9. The molecule has 0 aromatic carbocycles. The second-order valence-electron chi connectivity index (χ2n) is 5.43. The maximum atomic E-state index is 5.24. The van der Waals surface area contributed by atoms with E-state index in [1.807, 2.05) is 24.0 Å². The lowest BCUT2D eigenvalue weighted by molar-refractivity contribution is 0.325. The van der Waals surface area contributed by atoms with Gasteiger partial charge in [-0.05, 0) is 32.4 Å². The summed E-state index contributed by atoms with van der Waals surface area (Å²) in [5.74, 6) is 1.08. The Hall–Kier alpha value is -2.41. The summed E-state index contributed by atoms with van der Waals surface area (Å²) >= 11 is 0. The molecule has 3 aromatic rings. The van der Waals surface area contributed by atoms with E-state index in [2.05, 4.69) is 34.4 Å². The van der Waals surface area contributed by atoms with Crippen LogP contribution in [0.1, 0.15) is 31.3 Å². The number of hydrogen-bond donors (Lipinski definition) is 1. The smallest absolute Gasteiger partial charge is 0.240 e. The van der Waals surface area contributed by atoms with Gasteiger partial charge in [-0.15, -0.1) is 0 Å². The molecule has 0 radical (unpaired) electrons. The first-order valence-corrected chi connectivity index (χ1v) is 7.23. The standard InChI is InChI=1S/C15H19N5O2/c1-10-6-17-20(8-10)12(3)11(2)16-7-14-18-15(19-22-14)13-4-5-21-9-13/h4-6,8-9,11-12,16H,7H2,1-3H3/t11-,12-/m1/s1. The second kappa shape index (κ2) is 6.15. The fourth-order valence-electron chi connectivity index (χ4n) is 2.14. The van der Waals surface area contributed by atoms with E-state index in [1.165, 1.54) is 0 Å². The summed E-state index contributed by atoms with van der Waals surface area (Å²) in [4.78, 5) is 4.34. The zero-order chi connectivity index (χ0) is 15.5. The summed E-state index contributed by atoms with van der Waals surface area (Å²) in [5, 5.41) is 11.7. The summed E-state index contributed by atoms with van der Waals surface area (Å²) in [7, 11) is 0. The van der Waals surface area contributed by atoms with Crippen molar-refractivity contribution in [3.63, 3.8) is 0 Å². The van der Waals surface area contributed by atoms with Gasteiger partial charge < -0.3 is 14.3 Å². The van der Waals surface area contributed by atoms with Crippen molar-refractivity contribution in [2.24, 2.45) is 0 Å². The summed E-state index contributed by atoms with van der Waals surface area (Å²) in [6.45, 7) is 6.77. The van der Waals surface area contributed by atoms with E-state index in [0.29, 0.717) is 18.3 Å². The van der Waals surface area contributed by atoms with Crippen LogP contribution in [0.25, 0.3) is 11.4 Å². The highest BCUT2D eigenvalue weighted by atomic mass is 16.5. The molecule has 0 bridgehead atoms. The van der Waals surface area contributed by atoms with Crippen molar-refractivity contribution in [2.75, 3.05) is 0 Å². The van der Waals surface area contributed by atoms with Crippen LogP contribution >= 0.6 is 0 Å². The van der Waals surface area contributed by atoms with E-state index < -0.39 is 0 Å². The van der Waals surface area contributed by atoms with Crippen molar-refractivity contribution in [1.29, 1.82) is 0 Å². The number of hydrogen-bond acceptors (Lipinski definition) is 6. The quantitative estimate of drug-likeness (QED) is 0.753. The summed E-state index contributed by atoms with van der Waals surface area (Å²) in [5.41, 5.74) is 1.96. The Labute approximate surface area is 128 Å². The molecule has 0 fully saturated rings. The first-order valence-electron chi connectivity index (χ1n) is 7.23. The predicted molar refractivity (Wildman–Crippen MR) is 80.0 cm³/mol. The molecule has 116 valence electrons. The number of aromatic nitrogens is 4. The molecule has 1 N–H and O–H groups in total. The minimum absolute atomic E-state index is 0.212. The van der Waals surface area contributed by atoms with Gasteiger partial charge in [0.15, 0.2) is 0 Å². The Morgan fingerprint density at radius 3 is 2.91 bits per heavy atom. The van der Waals surface area contributed by atoms with E-state index in [-0.39, 0.29) is 12.1 Å². The second-order valence-corrected chi connectivity index (χ2v) is 5.43. The van der Waals surface area contributed by atoms with Crippen LogP contribution in [0.15, 0.2) is 39.9 Å². The van der Waals surface area contributed by atoms with E-state index >= 15 is 0 Å². The van der Waals surface area contributed by atoms with Crippen molar-refractivity contribution >= 4 is 0 Å². The van der Waals surface area contributed by atoms with Crippen LogP contribution in [0, 0.1) is 6.92 Å². The van der Waals surface area contributed by atoms with Crippen LogP contribution in [-0.4, -0.2) is 26.0 Å². The lowest BCUT2D eigenvalue weighted by Crippen LogP contribution is -2.33. The first kappa shape index (κ1) is 14.5. The Morgan fingerprint density at radius 1 is 1.36 bits per heavy atom. The van der Waals surface area contributed by atoms with Gasteiger partial charge in [0.25, 0.3) is 0 Å². The van der Waals surface area contributed by atoms with Crippen LogP contribution in [0.3, 0.4) is 0 Å². The molecule has 7 nitrogen and oxygen atoms in total. The molecule has 7 heteroatoms. The third-order valence-electron chi connectivity index (χ3n) is 3.69. The van der Waals surface area contributed by atoms with Crippen LogP contribution in [0.5, 0.6) is 0 Å².